The molecule has 0 bridgehead atoms. The Hall–Kier alpha value is -0.758. The minimum absolute atomic E-state index is 0. The van der Waals surface area contributed by atoms with Crippen LogP contribution in [0.15, 0.2) is 48.5 Å². The van der Waals surface area contributed by atoms with Crippen LogP contribution in [0.1, 0.15) is 96.3 Å². The molecule has 7 heteroatoms. The molecule has 39 heavy (non-hydrogen) atoms. The Bertz CT molecular complexity index is 968. The fourth-order valence-electron chi connectivity index (χ4n) is 6.77. The van der Waals surface area contributed by atoms with Gasteiger partial charge in [-0.25, -0.2) is 0 Å². The molecule has 0 atom stereocenters. The van der Waals surface area contributed by atoms with Crippen molar-refractivity contribution < 1.29 is 33.4 Å². The standard InChI is InChI=1S/C18H33P.C13H11N.CH4O3S.Pd/c1-4-10-16(11-5-1)19(17-12-6-2-7-13-17)18-14-8-3-9-15-18;1-14-13-10-6-5-9-12(13)11-7-3-2-4-8-11;1-5(2,3)4;/h16-18H,1-15H2;2-7,9-10H,1H3;1H3,(H,2,3,4);/q;-2;;+2/p+1. The molecule has 1 N–H and O–H groups in total. The Balaban J connectivity index is 0.000000236. The molecule has 3 saturated carbocycles. The van der Waals surface area contributed by atoms with Gasteiger partial charge in [-0.3, -0.25) is 4.55 Å². The van der Waals surface area contributed by atoms with Gasteiger partial charge in [-0.2, -0.15) is 14.1 Å². The molecular formula is C32H49NO3PPdS+. The van der Waals surface area contributed by atoms with Crippen molar-refractivity contribution in [3.05, 3.63) is 59.9 Å². The SMILES string of the molecule is C1CCC([PH+](C2CCCCC2)C2CCCCC2)CC1.CS(=O)(=O)O.C[N-]c1ccccc1-c1[c-]cccc1.[Pd+2]. The number of rotatable bonds is 5. The van der Waals surface area contributed by atoms with Crippen LogP contribution in [0.5, 0.6) is 0 Å². The molecule has 3 aliphatic rings. The zero-order valence-electron chi connectivity index (χ0n) is 23.9. The molecule has 0 spiro atoms. The van der Waals surface area contributed by atoms with Crippen LogP contribution in [0.2, 0.25) is 0 Å². The van der Waals surface area contributed by atoms with Gasteiger partial charge in [0.15, 0.2) is 0 Å². The smallest absolute Gasteiger partial charge is 0.694 e. The number of benzene rings is 2. The van der Waals surface area contributed by atoms with Gasteiger partial charge in [-0.05, 0) is 77.0 Å². The van der Waals surface area contributed by atoms with E-state index in [0.29, 0.717) is 6.26 Å². The molecule has 0 radical (unpaired) electrons. The quantitative estimate of drug-likeness (QED) is 0.150. The summed E-state index contributed by atoms with van der Waals surface area (Å²) in [5.74, 6) is 0. The van der Waals surface area contributed by atoms with Gasteiger partial charge in [0.05, 0.1) is 23.2 Å². The summed E-state index contributed by atoms with van der Waals surface area (Å²) < 4.78 is 25.9. The molecule has 0 heterocycles. The molecule has 0 amide bonds. The van der Waals surface area contributed by atoms with E-state index < -0.39 is 10.1 Å². The number of hydrogen-bond donors (Lipinski definition) is 1. The third kappa shape index (κ3) is 12.7. The summed E-state index contributed by atoms with van der Waals surface area (Å²) in [4.78, 5) is 0. The topological polar surface area (TPSA) is 68.5 Å². The zero-order chi connectivity index (χ0) is 27.2. The minimum Gasteiger partial charge on any atom is -0.694 e. The van der Waals surface area contributed by atoms with Crippen LogP contribution in [0, 0.1) is 6.07 Å². The summed E-state index contributed by atoms with van der Waals surface area (Å²) in [6.07, 6.45) is 24.5. The molecule has 5 rings (SSSR count). The fourth-order valence-corrected chi connectivity index (χ4v) is 12.0. The van der Waals surface area contributed by atoms with Crippen molar-refractivity contribution in [3.8, 4) is 11.1 Å². The van der Waals surface area contributed by atoms with Gasteiger partial charge < -0.3 is 5.32 Å². The van der Waals surface area contributed by atoms with Crippen molar-refractivity contribution >= 4 is 23.7 Å². The summed E-state index contributed by atoms with van der Waals surface area (Å²) in [7, 11) is -1.91. The summed E-state index contributed by atoms with van der Waals surface area (Å²) in [5.41, 5.74) is 6.92. The average molecular weight is 665 g/mol. The number of hydrogen-bond acceptors (Lipinski definition) is 2. The first-order chi connectivity index (χ1) is 18.4. The Labute approximate surface area is 253 Å². The molecule has 0 aromatic heterocycles. The first-order valence-electron chi connectivity index (χ1n) is 14.8. The normalized spacial score (nSPS) is 19.1. The van der Waals surface area contributed by atoms with Crippen molar-refractivity contribution in [1.29, 1.82) is 0 Å². The maximum atomic E-state index is 9.19. The predicted molar refractivity (Wildman–Crippen MR) is 166 cm³/mol. The predicted octanol–water partition coefficient (Wildman–Crippen LogP) is 9.49. The van der Waals surface area contributed by atoms with Crippen LogP contribution < -0.4 is 0 Å². The van der Waals surface area contributed by atoms with Crippen LogP contribution in [0.25, 0.3) is 16.4 Å². The zero-order valence-corrected chi connectivity index (χ0v) is 27.3. The van der Waals surface area contributed by atoms with E-state index in [4.69, 9.17) is 4.55 Å². The van der Waals surface area contributed by atoms with Crippen LogP contribution in [-0.4, -0.2) is 43.3 Å². The van der Waals surface area contributed by atoms with Crippen molar-refractivity contribution in [2.24, 2.45) is 0 Å². The van der Waals surface area contributed by atoms with Gasteiger partial charge in [-0.1, -0.05) is 43.5 Å². The molecule has 2 aromatic carbocycles. The van der Waals surface area contributed by atoms with E-state index in [-0.39, 0.29) is 28.3 Å². The van der Waals surface area contributed by atoms with E-state index in [1.165, 1.54) is 17.0 Å². The first kappa shape index (κ1) is 34.4. The summed E-state index contributed by atoms with van der Waals surface area (Å²) in [6.45, 7) is 0. The Morgan fingerprint density at radius 2 is 1.15 bits per heavy atom. The van der Waals surface area contributed by atoms with Gasteiger partial charge in [0.2, 0.25) is 0 Å². The van der Waals surface area contributed by atoms with Crippen LogP contribution in [-0.2, 0) is 30.5 Å². The van der Waals surface area contributed by atoms with E-state index in [1.54, 1.807) is 96.3 Å². The van der Waals surface area contributed by atoms with Crippen molar-refractivity contribution in [3.63, 3.8) is 0 Å². The van der Waals surface area contributed by atoms with E-state index >= 15 is 0 Å². The summed E-state index contributed by atoms with van der Waals surface area (Å²) in [6, 6.07) is 19.2. The molecule has 0 unspecified atom stereocenters. The van der Waals surface area contributed by atoms with Crippen LogP contribution >= 0.6 is 7.92 Å². The number of nitrogens with zero attached hydrogens (tertiary/aromatic N) is 1. The van der Waals surface area contributed by atoms with E-state index in [0.717, 1.165) is 16.8 Å². The van der Waals surface area contributed by atoms with Gasteiger partial charge in [0.25, 0.3) is 10.1 Å². The minimum atomic E-state index is -3.67. The first-order valence-corrected chi connectivity index (χ1v) is 18.4. The van der Waals surface area contributed by atoms with Crippen LogP contribution in [0.4, 0.5) is 5.69 Å². The van der Waals surface area contributed by atoms with Crippen LogP contribution in [0.3, 0.4) is 0 Å². The average Bonchev–Trinajstić information content (AvgIpc) is 2.95. The third-order valence-corrected chi connectivity index (χ3v) is 12.9. The van der Waals surface area contributed by atoms with E-state index in [9.17, 15) is 8.42 Å². The van der Waals surface area contributed by atoms with Gasteiger partial charge in [-0.15, -0.1) is 48.5 Å². The molecule has 0 saturated heterocycles. The summed E-state index contributed by atoms with van der Waals surface area (Å²) >= 11 is 0. The second kappa shape index (κ2) is 18.6. The summed E-state index contributed by atoms with van der Waals surface area (Å²) in [5, 5.41) is 4.23. The largest absolute Gasteiger partial charge is 2.00 e. The van der Waals surface area contributed by atoms with Crippen molar-refractivity contribution in [1.82, 2.24) is 0 Å². The molecule has 0 aliphatic heterocycles. The monoisotopic (exact) mass is 664 g/mol. The van der Waals surface area contributed by atoms with E-state index in [1.807, 2.05) is 49.5 Å². The van der Waals surface area contributed by atoms with Gasteiger partial charge in [0, 0.05) is 7.92 Å². The maximum Gasteiger partial charge on any atom is 2.00 e. The molecule has 4 nitrogen and oxygen atoms in total. The second-order valence-corrected chi connectivity index (χ2v) is 16.2. The Morgan fingerprint density at radius 3 is 1.54 bits per heavy atom. The molecule has 220 valence electrons. The maximum absolute atomic E-state index is 9.19. The Morgan fingerprint density at radius 1 is 0.744 bits per heavy atom. The number of para-hydroxylation sites is 1. The fraction of sp³-hybridized carbons (Fsp3) is 0.625. The molecule has 3 fully saturated rings. The van der Waals surface area contributed by atoms with Gasteiger partial charge >= 0.3 is 20.4 Å². The van der Waals surface area contributed by atoms with Crippen molar-refractivity contribution in [2.45, 2.75) is 113 Å². The molecule has 3 aliphatic carbocycles. The molecule has 2 aromatic rings. The van der Waals surface area contributed by atoms with E-state index in [2.05, 4.69) is 17.4 Å². The molecular weight excluding hydrogens is 616 g/mol. The second-order valence-electron chi connectivity index (χ2n) is 11.3. The Kier molecular flexibility index (Phi) is 16.5. The third-order valence-electron chi connectivity index (χ3n) is 8.37. The van der Waals surface area contributed by atoms with Gasteiger partial charge in [0.1, 0.15) is 0 Å². The van der Waals surface area contributed by atoms with Crippen molar-refractivity contribution in [2.75, 3.05) is 13.3 Å².